The fourth-order valence-electron chi connectivity index (χ4n) is 6.00. The van der Waals surface area contributed by atoms with Crippen LogP contribution >= 0.6 is 23.2 Å². The zero-order valence-electron chi connectivity index (χ0n) is 25.8. The lowest BCUT2D eigenvalue weighted by molar-refractivity contribution is 0.0696. The fraction of sp³-hybridized carbons (Fsp3) is 0.222. The summed E-state index contributed by atoms with van der Waals surface area (Å²) in [6.45, 7) is 3.80. The lowest BCUT2D eigenvalue weighted by atomic mass is 9.88. The van der Waals surface area contributed by atoms with Gasteiger partial charge in [-0.15, -0.1) is 20.4 Å². The third-order valence-corrected chi connectivity index (χ3v) is 8.96. The van der Waals surface area contributed by atoms with Gasteiger partial charge in [0.05, 0.1) is 16.7 Å². The van der Waals surface area contributed by atoms with E-state index in [2.05, 4.69) is 20.4 Å². The number of aromatic nitrogens is 4. The van der Waals surface area contributed by atoms with Crippen molar-refractivity contribution in [2.24, 2.45) is 0 Å². The predicted molar refractivity (Wildman–Crippen MR) is 179 cm³/mol. The summed E-state index contributed by atoms with van der Waals surface area (Å²) in [5.41, 5.74) is 3.11. The van der Waals surface area contributed by atoms with Crippen molar-refractivity contribution >= 4 is 35.1 Å². The summed E-state index contributed by atoms with van der Waals surface area (Å²) in [6, 6.07) is 17.2. The number of aryl methyl sites for hydroxylation is 2. The number of carboxylic acids is 2. The van der Waals surface area contributed by atoms with Gasteiger partial charge < -0.3 is 19.7 Å². The summed E-state index contributed by atoms with van der Waals surface area (Å²) >= 11 is 12.7. The second kappa shape index (κ2) is 12.5. The van der Waals surface area contributed by atoms with E-state index < -0.39 is 11.9 Å². The molecule has 2 aliphatic carbocycles. The quantitative estimate of drug-likeness (QED) is 0.146. The Kier molecular flexibility index (Phi) is 8.22. The number of ether oxygens (including phenoxy) is 2. The molecule has 0 aliphatic heterocycles. The summed E-state index contributed by atoms with van der Waals surface area (Å²) in [7, 11) is 0. The molecule has 0 amide bonds. The predicted octanol–water partition coefficient (Wildman–Crippen LogP) is 9.26. The Morgan fingerprint density at radius 1 is 0.667 bits per heavy atom. The van der Waals surface area contributed by atoms with Crippen molar-refractivity contribution in [1.82, 2.24) is 20.4 Å². The number of hydrogen-bond donors (Lipinski definition) is 2. The van der Waals surface area contributed by atoms with E-state index in [1.807, 2.05) is 50.2 Å². The average molecular weight is 684 g/mol. The van der Waals surface area contributed by atoms with Crippen molar-refractivity contribution in [2.75, 3.05) is 0 Å². The van der Waals surface area contributed by atoms with Crippen molar-refractivity contribution in [3.8, 4) is 45.5 Å². The van der Waals surface area contributed by atoms with Crippen molar-refractivity contribution < 1.29 is 29.3 Å². The molecule has 2 heterocycles. The summed E-state index contributed by atoms with van der Waals surface area (Å²) in [5.74, 6) is -1.09. The molecule has 0 bridgehead atoms. The van der Waals surface area contributed by atoms with Gasteiger partial charge in [-0.3, -0.25) is 0 Å². The second-order valence-electron chi connectivity index (χ2n) is 12.0. The zero-order valence-corrected chi connectivity index (χ0v) is 27.3. The van der Waals surface area contributed by atoms with Crippen LogP contribution in [0.5, 0.6) is 23.3 Å². The maximum Gasteiger partial charge on any atom is 0.336 e. The van der Waals surface area contributed by atoms with E-state index in [0.29, 0.717) is 23.3 Å². The molecule has 0 unspecified atom stereocenters. The van der Waals surface area contributed by atoms with E-state index in [4.69, 9.17) is 32.7 Å². The maximum absolute atomic E-state index is 13.3. The van der Waals surface area contributed by atoms with E-state index in [1.165, 1.54) is 24.3 Å². The number of carbonyl (C=O) groups is 2. The Hall–Kier alpha value is -5.06. The zero-order chi connectivity index (χ0) is 33.7. The Bertz CT molecular complexity index is 2130. The minimum atomic E-state index is -1.43. The van der Waals surface area contributed by atoms with Gasteiger partial charge in [0.2, 0.25) is 11.8 Å². The molecule has 3 aromatic carbocycles. The molecule has 48 heavy (non-hydrogen) atoms. The molecule has 7 rings (SSSR count). The van der Waals surface area contributed by atoms with E-state index in [-0.39, 0.29) is 55.4 Å². The maximum atomic E-state index is 13.3. The van der Waals surface area contributed by atoms with E-state index in [9.17, 15) is 19.8 Å². The number of halogens is 2. The lowest BCUT2D eigenvalue weighted by Gasteiger charge is -2.20. The normalized spacial score (nSPS) is 14.1. The van der Waals surface area contributed by atoms with Crippen molar-refractivity contribution in [3.63, 3.8) is 0 Å². The van der Waals surface area contributed by atoms with Crippen molar-refractivity contribution in [1.29, 1.82) is 0 Å². The van der Waals surface area contributed by atoms with Crippen LogP contribution in [0.2, 0.25) is 10.3 Å². The van der Waals surface area contributed by atoms with Crippen LogP contribution in [0.25, 0.3) is 22.3 Å². The van der Waals surface area contributed by atoms with Gasteiger partial charge >= 0.3 is 11.9 Å². The number of hydrogen-bond acceptors (Lipinski definition) is 8. The molecule has 2 saturated carbocycles. The average Bonchev–Trinajstić information content (AvgIpc) is 3.98. The molecule has 2 aromatic heterocycles. The smallest absolute Gasteiger partial charge is 0.336 e. The number of benzene rings is 3. The Morgan fingerprint density at radius 3 is 1.65 bits per heavy atom. The largest absolute Gasteiger partial charge is 0.478 e. The van der Waals surface area contributed by atoms with Gasteiger partial charge in [-0.1, -0.05) is 65.7 Å². The number of carboxylic acid groups (broad SMARTS) is 2. The first-order valence-electron chi connectivity index (χ1n) is 15.4. The molecular weight excluding hydrogens is 655 g/mol. The molecule has 2 fully saturated rings. The van der Waals surface area contributed by atoms with Crippen LogP contribution in [0, 0.1) is 13.8 Å². The van der Waals surface area contributed by atoms with Crippen LogP contribution in [0.4, 0.5) is 0 Å². The standard InChI is InChI=1S/C36H28Cl2N4O6/c1-17-5-3-7-21(19-9-10-19)31(17)47-33-25(15-27(37)39-41-33)23-13-14-24(35(43)44)29(30(23)36(45)46)26-16-28(38)40-42-34(26)48-32-18(2)6-4-8-22(32)20-11-12-20/h3-8,13-16,19-20H,9-12H2,1-2H3,(H,43,44)(H,45,46). The van der Waals surface area contributed by atoms with Gasteiger partial charge in [-0.05, 0) is 91.8 Å². The molecule has 242 valence electrons. The molecular formula is C36H28Cl2N4O6. The molecule has 0 radical (unpaired) electrons. The van der Waals surface area contributed by atoms with Crippen LogP contribution in [0.3, 0.4) is 0 Å². The molecule has 5 aromatic rings. The van der Waals surface area contributed by atoms with Gasteiger partial charge in [0.1, 0.15) is 11.5 Å². The van der Waals surface area contributed by atoms with E-state index >= 15 is 0 Å². The van der Waals surface area contributed by atoms with Gasteiger partial charge in [-0.2, -0.15) is 0 Å². The highest BCUT2D eigenvalue weighted by molar-refractivity contribution is 6.30. The van der Waals surface area contributed by atoms with Crippen LogP contribution in [0.1, 0.15) is 80.5 Å². The highest BCUT2D eigenvalue weighted by Crippen LogP contribution is 2.49. The fourth-order valence-corrected chi connectivity index (χ4v) is 6.29. The number of para-hydroxylation sites is 2. The second-order valence-corrected chi connectivity index (χ2v) is 12.8. The molecule has 10 nitrogen and oxygen atoms in total. The number of nitrogens with zero attached hydrogens (tertiary/aromatic N) is 4. The first kappa shape index (κ1) is 31.5. The topological polar surface area (TPSA) is 145 Å². The monoisotopic (exact) mass is 682 g/mol. The third kappa shape index (κ3) is 6.05. The summed E-state index contributed by atoms with van der Waals surface area (Å²) in [4.78, 5) is 26.0. The van der Waals surface area contributed by atoms with Crippen LogP contribution < -0.4 is 9.47 Å². The summed E-state index contributed by atoms with van der Waals surface area (Å²) in [6.07, 6.45) is 4.06. The van der Waals surface area contributed by atoms with Crippen LogP contribution in [-0.4, -0.2) is 42.5 Å². The first-order valence-corrected chi connectivity index (χ1v) is 16.1. The van der Waals surface area contributed by atoms with Gasteiger partial charge in [0, 0.05) is 16.7 Å². The highest BCUT2D eigenvalue weighted by Gasteiger charge is 2.33. The Balaban J connectivity index is 1.44. The minimum Gasteiger partial charge on any atom is -0.478 e. The number of rotatable bonds is 10. The summed E-state index contributed by atoms with van der Waals surface area (Å²) in [5, 5.41) is 37.4. The molecule has 0 spiro atoms. The lowest BCUT2D eigenvalue weighted by Crippen LogP contribution is -2.11. The third-order valence-electron chi connectivity index (χ3n) is 8.59. The molecule has 2 N–H and O–H groups in total. The van der Waals surface area contributed by atoms with E-state index in [0.717, 1.165) is 47.9 Å². The van der Waals surface area contributed by atoms with Gasteiger partial charge in [0.15, 0.2) is 10.3 Å². The Labute approximate surface area is 285 Å². The van der Waals surface area contributed by atoms with Gasteiger partial charge in [0.25, 0.3) is 0 Å². The van der Waals surface area contributed by atoms with Crippen molar-refractivity contribution in [2.45, 2.75) is 51.4 Å². The van der Waals surface area contributed by atoms with Crippen LogP contribution in [-0.2, 0) is 0 Å². The SMILES string of the molecule is Cc1cccc(C2CC2)c1Oc1nnc(Cl)cc1-c1ccc(C(=O)O)c(-c2cc(Cl)nnc2Oc2c(C)cccc2C2CC2)c1C(=O)O. The summed E-state index contributed by atoms with van der Waals surface area (Å²) < 4.78 is 12.8. The van der Waals surface area contributed by atoms with E-state index in [1.54, 1.807) is 0 Å². The van der Waals surface area contributed by atoms with Crippen LogP contribution in [0.15, 0.2) is 60.7 Å². The highest BCUT2D eigenvalue weighted by atomic mass is 35.5. The van der Waals surface area contributed by atoms with Gasteiger partial charge in [-0.25, -0.2) is 9.59 Å². The number of aromatic carboxylic acids is 2. The molecule has 0 saturated heterocycles. The first-order chi connectivity index (χ1) is 23.1. The molecule has 2 aliphatic rings. The molecule has 0 atom stereocenters. The Morgan fingerprint density at radius 2 is 1.17 bits per heavy atom. The minimum absolute atomic E-state index is 0.00321. The molecule has 12 heteroatoms. The van der Waals surface area contributed by atoms with Crippen molar-refractivity contribution in [3.05, 3.63) is 104 Å².